The largest absolute Gasteiger partial charge is 0.492 e. The molecule has 1 fully saturated rings. The molecule has 3 N–H and O–H groups in total. The molecule has 0 saturated heterocycles. The maximum atomic E-state index is 11.9. The number of ether oxygens (including phenoxy) is 2. The molecule has 2 aliphatic rings. The monoisotopic (exact) mass is 292 g/mol. The van der Waals surface area contributed by atoms with Gasteiger partial charge < -0.3 is 24.6 Å². The van der Waals surface area contributed by atoms with Gasteiger partial charge in [-0.3, -0.25) is 4.79 Å². The Kier molecular flexibility index (Phi) is 3.55. The Morgan fingerprint density at radius 3 is 2.48 bits per heavy atom. The summed E-state index contributed by atoms with van der Waals surface area (Å²) < 4.78 is 10.5. The van der Waals surface area contributed by atoms with Crippen molar-refractivity contribution in [3.8, 4) is 11.5 Å². The number of benzene rings is 1. The van der Waals surface area contributed by atoms with Gasteiger partial charge >= 0.3 is 13.1 Å². The summed E-state index contributed by atoms with van der Waals surface area (Å²) >= 11 is 0. The highest BCUT2D eigenvalue weighted by atomic mass is 16.7. The first-order valence-electron chi connectivity index (χ1n) is 7.09. The van der Waals surface area contributed by atoms with E-state index in [1.54, 1.807) is 12.1 Å². The van der Waals surface area contributed by atoms with Gasteiger partial charge in [-0.15, -0.1) is 0 Å². The van der Waals surface area contributed by atoms with Crippen molar-refractivity contribution in [1.82, 2.24) is 0 Å². The van der Waals surface area contributed by atoms with Crippen LogP contribution in [0.3, 0.4) is 0 Å². The van der Waals surface area contributed by atoms with Crippen LogP contribution in [0.15, 0.2) is 12.1 Å². The summed E-state index contributed by atoms with van der Waals surface area (Å²) in [5.74, 6) is -0.269. The van der Waals surface area contributed by atoms with E-state index in [0.29, 0.717) is 24.2 Å². The van der Waals surface area contributed by atoms with Crippen molar-refractivity contribution in [1.29, 1.82) is 0 Å². The van der Waals surface area contributed by atoms with Crippen LogP contribution >= 0.6 is 0 Å². The molecule has 1 aliphatic heterocycles. The Hall–Kier alpha value is -1.73. The molecule has 0 amide bonds. The van der Waals surface area contributed by atoms with Crippen molar-refractivity contribution in [2.24, 2.45) is 0 Å². The molecule has 7 heteroatoms. The molecule has 0 bridgehead atoms. The molecule has 0 radical (unpaired) electrons. The minimum absolute atomic E-state index is 0.00141. The summed E-state index contributed by atoms with van der Waals surface area (Å²) in [5, 5.41) is 29.2. The predicted octanol–water partition coefficient (Wildman–Crippen LogP) is 0.382. The van der Waals surface area contributed by atoms with Crippen LogP contribution < -0.4 is 14.9 Å². The van der Waals surface area contributed by atoms with Gasteiger partial charge in [0.05, 0.1) is 5.41 Å². The van der Waals surface area contributed by atoms with Crippen LogP contribution in [-0.2, 0) is 10.2 Å². The standard InChI is InChI=1S/C14H17BO6/c16-13(17)14(6-2-1-3-7-14)9-4-5-10-12(21-8-20-10)11(9)15(18)19/h4-5,18-19H,1-3,6-8H2,(H,16,17). The number of carbonyl (C=O) groups is 1. The van der Waals surface area contributed by atoms with Crippen LogP contribution in [0.25, 0.3) is 0 Å². The minimum Gasteiger partial charge on any atom is -0.481 e. The summed E-state index contributed by atoms with van der Waals surface area (Å²) in [6.45, 7) is -0.00141. The van der Waals surface area contributed by atoms with Crippen LogP contribution in [0, 0.1) is 0 Å². The highest BCUT2D eigenvalue weighted by Crippen LogP contribution is 2.42. The van der Waals surface area contributed by atoms with Crippen molar-refractivity contribution in [3.63, 3.8) is 0 Å². The SMILES string of the molecule is O=C(O)C1(c2ccc3c(c2B(O)O)OCO3)CCCCC1. The van der Waals surface area contributed by atoms with E-state index in [-0.39, 0.29) is 18.0 Å². The molecule has 112 valence electrons. The van der Waals surface area contributed by atoms with Crippen molar-refractivity contribution in [2.45, 2.75) is 37.5 Å². The van der Waals surface area contributed by atoms with Crippen LogP contribution in [0.4, 0.5) is 0 Å². The number of carboxylic acids is 1. The topological polar surface area (TPSA) is 96.2 Å². The van der Waals surface area contributed by atoms with Crippen LogP contribution in [-0.4, -0.2) is 35.0 Å². The Labute approximate surface area is 122 Å². The van der Waals surface area contributed by atoms with Gasteiger partial charge in [-0.1, -0.05) is 25.3 Å². The molecule has 1 aromatic carbocycles. The van der Waals surface area contributed by atoms with Gasteiger partial charge in [-0.2, -0.15) is 0 Å². The summed E-state index contributed by atoms with van der Waals surface area (Å²) in [5.41, 5.74) is -0.540. The third-order valence-electron chi connectivity index (χ3n) is 4.47. The normalized spacial score (nSPS) is 19.3. The van der Waals surface area contributed by atoms with Crippen molar-refractivity contribution >= 4 is 18.6 Å². The predicted molar refractivity (Wildman–Crippen MR) is 74.8 cm³/mol. The molecule has 6 nitrogen and oxygen atoms in total. The van der Waals surface area contributed by atoms with Gasteiger partial charge in [-0.05, 0) is 24.5 Å². The smallest absolute Gasteiger partial charge is 0.481 e. The Bertz CT molecular complexity index is 565. The molecule has 0 unspecified atom stereocenters. The third kappa shape index (κ3) is 2.17. The molecule has 21 heavy (non-hydrogen) atoms. The first kappa shape index (κ1) is 14.2. The highest BCUT2D eigenvalue weighted by Gasteiger charge is 2.45. The second kappa shape index (κ2) is 5.24. The van der Waals surface area contributed by atoms with Crippen molar-refractivity contribution in [2.75, 3.05) is 6.79 Å². The van der Waals surface area contributed by atoms with E-state index in [9.17, 15) is 19.9 Å². The Morgan fingerprint density at radius 1 is 1.14 bits per heavy atom. The molecule has 3 rings (SSSR count). The summed E-state index contributed by atoms with van der Waals surface area (Å²) in [6.07, 6.45) is 3.59. The lowest BCUT2D eigenvalue weighted by molar-refractivity contribution is -0.145. The lowest BCUT2D eigenvalue weighted by atomic mass is 9.62. The summed E-state index contributed by atoms with van der Waals surface area (Å²) in [6, 6.07) is 3.27. The zero-order chi connectivity index (χ0) is 15.0. The Morgan fingerprint density at radius 2 is 1.86 bits per heavy atom. The van der Waals surface area contributed by atoms with Crippen LogP contribution in [0.1, 0.15) is 37.7 Å². The molecule has 1 aromatic rings. The molecule has 0 atom stereocenters. The van der Waals surface area contributed by atoms with Gasteiger partial charge in [0.1, 0.15) is 0 Å². The van der Waals surface area contributed by atoms with E-state index in [1.807, 2.05) is 0 Å². The van der Waals surface area contributed by atoms with E-state index in [4.69, 9.17) is 9.47 Å². The number of carboxylic acid groups (broad SMARTS) is 1. The third-order valence-corrected chi connectivity index (χ3v) is 4.47. The number of rotatable bonds is 3. The maximum absolute atomic E-state index is 11.9. The lowest BCUT2D eigenvalue weighted by Gasteiger charge is -2.35. The zero-order valence-corrected chi connectivity index (χ0v) is 11.5. The minimum atomic E-state index is -1.80. The molecule has 1 saturated carbocycles. The summed E-state index contributed by atoms with van der Waals surface area (Å²) in [4.78, 5) is 11.9. The average Bonchev–Trinajstić information content (AvgIpc) is 2.94. The second-order valence-electron chi connectivity index (χ2n) is 5.58. The van der Waals surface area contributed by atoms with Gasteiger partial charge in [0.2, 0.25) is 6.79 Å². The number of hydrogen-bond acceptors (Lipinski definition) is 5. The highest BCUT2D eigenvalue weighted by molar-refractivity contribution is 6.60. The molecule has 0 aromatic heterocycles. The van der Waals surface area contributed by atoms with E-state index in [2.05, 4.69) is 0 Å². The van der Waals surface area contributed by atoms with Crippen molar-refractivity contribution < 1.29 is 29.4 Å². The first-order valence-corrected chi connectivity index (χ1v) is 7.09. The molecule has 1 heterocycles. The molecule has 1 aliphatic carbocycles. The van der Waals surface area contributed by atoms with E-state index < -0.39 is 18.5 Å². The number of fused-ring (bicyclic) bond motifs is 1. The van der Waals surface area contributed by atoms with Gasteiger partial charge in [0.25, 0.3) is 0 Å². The number of hydrogen-bond donors (Lipinski definition) is 3. The molecule has 0 spiro atoms. The first-order chi connectivity index (χ1) is 10.1. The van der Waals surface area contributed by atoms with Crippen molar-refractivity contribution in [3.05, 3.63) is 17.7 Å². The molecular formula is C14H17BO6. The van der Waals surface area contributed by atoms with Crippen LogP contribution in [0.5, 0.6) is 11.5 Å². The zero-order valence-electron chi connectivity index (χ0n) is 11.5. The fourth-order valence-electron chi connectivity index (χ4n) is 3.42. The van der Waals surface area contributed by atoms with Gasteiger partial charge in [-0.25, -0.2) is 0 Å². The lowest BCUT2D eigenvalue weighted by Crippen LogP contribution is -2.46. The number of aliphatic carboxylic acids is 1. The molecular weight excluding hydrogens is 275 g/mol. The van der Waals surface area contributed by atoms with Gasteiger partial charge in [0, 0.05) is 5.46 Å². The Balaban J connectivity index is 2.18. The second-order valence-corrected chi connectivity index (χ2v) is 5.58. The van der Waals surface area contributed by atoms with E-state index in [0.717, 1.165) is 19.3 Å². The fourth-order valence-corrected chi connectivity index (χ4v) is 3.42. The van der Waals surface area contributed by atoms with Crippen LogP contribution in [0.2, 0.25) is 0 Å². The van der Waals surface area contributed by atoms with E-state index >= 15 is 0 Å². The van der Waals surface area contributed by atoms with E-state index in [1.165, 1.54) is 0 Å². The average molecular weight is 292 g/mol. The quantitative estimate of drug-likeness (QED) is 0.697. The fraction of sp³-hybridized carbons (Fsp3) is 0.500. The summed E-state index contributed by atoms with van der Waals surface area (Å²) in [7, 11) is -1.80. The van der Waals surface area contributed by atoms with Gasteiger partial charge in [0.15, 0.2) is 11.5 Å². The maximum Gasteiger partial charge on any atom is 0.492 e.